The van der Waals surface area contributed by atoms with Crippen molar-refractivity contribution in [2.24, 2.45) is 11.8 Å². The third-order valence-corrected chi connectivity index (χ3v) is 5.04. The molecule has 1 aromatic heterocycles. The second-order valence-electron chi connectivity index (χ2n) is 8.75. The molecule has 0 spiro atoms. The largest absolute Gasteiger partial charge is 0.477 e. The Kier molecular flexibility index (Phi) is 5.79. The number of halogens is 2. The Morgan fingerprint density at radius 2 is 2.11 bits per heavy atom. The normalized spacial score (nSPS) is 20.5. The molecule has 6 nitrogen and oxygen atoms in total. The lowest BCUT2D eigenvalue weighted by Gasteiger charge is -2.41. The monoisotopic (exact) mass is 397 g/mol. The number of amides is 1. The van der Waals surface area contributed by atoms with Gasteiger partial charge in [-0.15, -0.1) is 0 Å². The molecule has 3 rings (SSSR count). The Labute approximate surface area is 164 Å². The van der Waals surface area contributed by atoms with Crippen LogP contribution in [0, 0.1) is 11.8 Å². The molecule has 1 saturated carbocycles. The van der Waals surface area contributed by atoms with E-state index in [4.69, 9.17) is 4.74 Å². The van der Waals surface area contributed by atoms with Crippen LogP contribution in [0.15, 0.2) is 12.1 Å². The van der Waals surface area contributed by atoms with E-state index in [1.165, 1.54) is 4.90 Å². The molecule has 1 amide bonds. The fourth-order valence-electron chi connectivity index (χ4n) is 3.50. The second kappa shape index (κ2) is 7.81. The lowest BCUT2D eigenvalue weighted by atomic mass is 9.91. The number of hydrogen-bond donors (Lipinski definition) is 2. The summed E-state index contributed by atoms with van der Waals surface area (Å²) in [5.74, 6) is -2.17. The summed E-state index contributed by atoms with van der Waals surface area (Å²) in [6.45, 7) is 5.18. The van der Waals surface area contributed by atoms with Crippen molar-refractivity contribution in [2.45, 2.75) is 51.5 Å². The van der Waals surface area contributed by atoms with Gasteiger partial charge < -0.3 is 20.1 Å². The maximum atomic E-state index is 13.4. The summed E-state index contributed by atoms with van der Waals surface area (Å²) in [6, 6.07) is 3.22. The van der Waals surface area contributed by atoms with E-state index < -0.39 is 30.5 Å². The molecule has 2 aliphatic rings. The van der Waals surface area contributed by atoms with Crippen LogP contribution >= 0.6 is 0 Å². The van der Waals surface area contributed by atoms with Gasteiger partial charge in [-0.2, -0.15) is 0 Å². The first-order valence-corrected chi connectivity index (χ1v) is 9.81. The smallest absolute Gasteiger partial charge is 0.282 e. The van der Waals surface area contributed by atoms with Crippen molar-refractivity contribution in [1.82, 2.24) is 10.3 Å². The van der Waals surface area contributed by atoms with Gasteiger partial charge in [0.25, 0.3) is 11.8 Å². The summed E-state index contributed by atoms with van der Waals surface area (Å²) in [7, 11) is 0. The Bertz CT molecular complexity index is 717. The number of nitrogens with one attached hydrogen (secondary N) is 1. The van der Waals surface area contributed by atoms with E-state index in [0.717, 1.165) is 12.8 Å². The van der Waals surface area contributed by atoms with E-state index in [1.807, 2.05) is 13.8 Å². The zero-order valence-electron chi connectivity index (χ0n) is 16.7. The van der Waals surface area contributed by atoms with Crippen LogP contribution in [0.2, 0.25) is 0 Å². The van der Waals surface area contributed by atoms with Gasteiger partial charge in [0, 0.05) is 6.07 Å². The molecule has 1 atom stereocenters. The van der Waals surface area contributed by atoms with Crippen LogP contribution in [0.1, 0.15) is 50.5 Å². The summed E-state index contributed by atoms with van der Waals surface area (Å²) in [5.41, 5.74) is -0.423. The lowest BCUT2D eigenvalue weighted by Crippen LogP contribution is -2.57. The number of carbonyl (C=O) groups is 1. The quantitative estimate of drug-likeness (QED) is 0.670. The Balaban J connectivity index is 1.81. The molecule has 2 heterocycles. The van der Waals surface area contributed by atoms with Crippen molar-refractivity contribution >= 4 is 11.6 Å². The molecule has 156 valence electrons. The number of pyridine rings is 1. The molecule has 0 bridgehead atoms. The first kappa shape index (κ1) is 20.8. The molecule has 0 aromatic carbocycles. The van der Waals surface area contributed by atoms with Gasteiger partial charge >= 0.3 is 0 Å². The van der Waals surface area contributed by atoms with Crippen LogP contribution in [-0.4, -0.2) is 53.8 Å². The number of alkyl halides is 2. The average Bonchev–Trinajstić information content (AvgIpc) is 3.41. The molecule has 1 saturated heterocycles. The van der Waals surface area contributed by atoms with Crippen LogP contribution in [0.25, 0.3) is 0 Å². The highest BCUT2D eigenvalue weighted by Gasteiger charge is 2.45. The number of ether oxygens (including phenoxy) is 1. The SMILES string of the molecule is CC(C)CC(C)(CO)NC(=O)c1nc(OCC2CC2)ccc1N1CC(F)(F)C1. The van der Waals surface area contributed by atoms with E-state index in [-0.39, 0.29) is 18.2 Å². The third kappa shape index (κ3) is 5.10. The minimum atomic E-state index is -2.76. The van der Waals surface area contributed by atoms with Crippen LogP contribution < -0.4 is 15.0 Å². The summed E-state index contributed by atoms with van der Waals surface area (Å²) >= 11 is 0. The second-order valence-corrected chi connectivity index (χ2v) is 8.75. The van der Waals surface area contributed by atoms with Gasteiger partial charge in [0.05, 0.1) is 37.5 Å². The predicted molar refractivity (Wildman–Crippen MR) is 102 cm³/mol. The first-order valence-electron chi connectivity index (χ1n) is 9.81. The summed E-state index contributed by atoms with van der Waals surface area (Å²) in [5, 5.41) is 12.6. The van der Waals surface area contributed by atoms with Crippen LogP contribution in [-0.2, 0) is 0 Å². The summed E-state index contributed by atoms with van der Waals surface area (Å²) < 4.78 is 32.4. The predicted octanol–water partition coefficient (Wildman–Crippen LogP) is 2.85. The Morgan fingerprint density at radius 3 is 2.64 bits per heavy atom. The Hall–Kier alpha value is -1.96. The van der Waals surface area contributed by atoms with Gasteiger partial charge in [0.15, 0.2) is 5.69 Å². The molecule has 1 unspecified atom stereocenters. The van der Waals surface area contributed by atoms with Gasteiger partial charge in [-0.05, 0) is 44.1 Å². The maximum Gasteiger partial charge on any atom is 0.282 e. The van der Waals surface area contributed by atoms with Crippen molar-refractivity contribution in [3.05, 3.63) is 17.8 Å². The van der Waals surface area contributed by atoms with E-state index >= 15 is 0 Å². The standard InChI is InChI=1S/C20H29F2N3O3/c1-13(2)8-19(3,12-26)24-18(27)17-15(25-10-20(21,22)11-25)6-7-16(23-17)28-9-14-4-5-14/h6-7,13-14,26H,4-5,8-12H2,1-3H3,(H,24,27). The number of aliphatic hydroxyl groups is 1. The number of aromatic nitrogens is 1. The molecule has 1 aliphatic carbocycles. The molecule has 1 aliphatic heterocycles. The van der Waals surface area contributed by atoms with Crippen molar-refractivity contribution < 1.29 is 23.4 Å². The molecular formula is C20H29F2N3O3. The van der Waals surface area contributed by atoms with Gasteiger partial charge in [-0.25, -0.2) is 13.8 Å². The number of carbonyl (C=O) groups excluding carboxylic acids is 1. The molecule has 8 heteroatoms. The molecule has 2 N–H and O–H groups in total. The highest BCUT2D eigenvalue weighted by molar-refractivity contribution is 5.98. The van der Waals surface area contributed by atoms with Gasteiger partial charge in [-0.1, -0.05) is 13.8 Å². The zero-order chi connectivity index (χ0) is 20.5. The minimum absolute atomic E-state index is 0.0484. The number of nitrogens with zero attached hydrogens (tertiary/aromatic N) is 2. The third-order valence-electron chi connectivity index (χ3n) is 5.04. The van der Waals surface area contributed by atoms with E-state index in [1.54, 1.807) is 19.1 Å². The van der Waals surface area contributed by atoms with E-state index in [9.17, 15) is 18.7 Å². The molecule has 28 heavy (non-hydrogen) atoms. The molecular weight excluding hydrogens is 368 g/mol. The highest BCUT2D eigenvalue weighted by Crippen LogP contribution is 2.35. The Morgan fingerprint density at radius 1 is 1.43 bits per heavy atom. The highest BCUT2D eigenvalue weighted by atomic mass is 19.3. The van der Waals surface area contributed by atoms with E-state index in [2.05, 4.69) is 10.3 Å². The summed E-state index contributed by atoms with van der Waals surface area (Å²) in [6.07, 6.45) is 2.82. The fraction of sp³-hybridized carbons (Fsp3) is 0.700. The number of anilines is 1. The van der Waals surface area contributed by atoms with Crippen LogP contribution in [0.3, 0.4) is 0 Å². The van der Waals surface area contributed by atoms with Crippen molar-refractivity contribution in [3.8, 4) is 5.88 Å². The molecule has 1 aromatic rings. The lowest BCUT2D eigenvalue weighted by molar-refractivity contribution is -0.0264. The first-order chi connectivity index (χ1) is 13.1. The van der Waals surface area contributed by atoms with Crippen molar-refractivity contribution in [2.75, 3.05) is 31.2 Å². The van der Waals surface area contributed by atoms with Gasteiger partial charge in [-0.3, -0.25) is 4.79 Å². The zero-order valence-corrected chi connectivity index (χ0v) is 16.7. The van der Waals surface area contributed by atoms with E-state index in [0.29, 0.717) is 30.5 Å². The van der Waals surface area contributed by atoms with Crippen molar-refractivity contribution in [1.29, 1.82) is 0 Å². The van der Waals surface area contributed by atoms with Crippen molar-refractivity contribution in [3.63, 3.8) is 0 Å². The number of rotatable bonds is 9. The van der Waals surface area contributed by atoms with Crippen LogP contribution in [0.5, 0.6) is 5.88 Å². The maximum absolute atomic E-state index is 13.4. The molecule has 0 radical (unpaired) electrons. The number of aliphatic hydroxyl groups excluding tert-OH is 1. The minimum Gasteiger partial charge on any atom is -0.477 e. The topological polar surface area (TPSA) is 74.7 Å². The fourth-order valence-corrected chi connectivity index (χ4v) is 3.50. The molecule has 2 fully saturated rings. The average molecular weight is 397 g/mol. The summed E-state index contributed by atoms with van der Waals surface area (Å²) in [4.78, 5) is 18.7. The van der Waals surface area contributed by atoms with Crippen LogP contribution in [0.4, 0.5) is 14.5 Å². The van der Waals surface area contributed by atoms with Gasteiger partial charge in [0.2, 0.25) is 5.88 Å². The van der Waals surface area contributed by atoms with Gasteiger partial charge in [0.1, 0.15) is 0 Å². The number of hydrogen-bond acceptors (Lipinski definition) is 5.